The summed E-state index contributed by atoms with van der Waals surface area (Å²) in [4.78, 5) is 20.1. The standard InChI is InChI=1S/C11H17NO.C5H10N2O3/c1-8-5-4-6-9(2)11(8)13-7-10(3)12;6-3(5(7)10)1-2-4(8)9/h4-6,10H,7,12H2,1-3H3;3H,1-2,6H2,(H2,7,10)(H,8,9). The van der Waals surface area contributed by atoms with Crippen molar-refractivity contribution in [2.24, 2.45) is 17.2 Å². The fraction of sp³-hybridized carbons (Fsp3) is 0.500. The first-order valence-electron chi connectivity index (χ1n) is 7.36. The van der Waals surface area contributed by atoms with Crippen molar-refractivity contribution < 1.29 is 19.4 Å². The highest BCUT2D eigenvalue weighted by Gasteiger charge is 2.10. The van der Waals surface area contributed by atoms with Gasteiger partial charge in [0.15, 0.2) is 0 Å². The molecule has 0 aliphatic rings. The molecule has 0 aliphatic heterocycles. The largest absolute Gasteiger partial charge is 0.491 e. The number of aliphatic carboxylic acids is 1. The second kappa shape index (κ2) is 10.6. The number of hydrogen-bond donors (Lipinski definition) is 4. The van der Waals surface area contributed by atoms with Gasteiger partial charge in [-0.15, -0.1) is 0 Å². The van der Waals surface area contributed by atoms with Crippen molar-refractivity contribution in [3.8, 4) is 5.75 Å². The van der Waals surface area contributed by atoms with E-state index in [1.165, 1.54) is 11.1 Å². The van der Waals surface area contributed by atoms with Crippen molar-refractivity contribution in [2.45, 2.75) is 45.7 Å². The number of carbonyl (C=O) groups is 2. The Kier molecular flexibility index (Phi) is 9.60. The van der Waals surface area contributed by atoms with Crippen LogP contribution in [0.25, 0.3) is 0 Å². The van der Waals surface area contributed by atoms with E-state index in [4.69, 9.17) is 27.0 Å². The van der Waals surface area contributed by atoms with E-state index in [1.54, 1.807) is 0 Å². The molecule has 1 aromatic rings. The predicted molar refractivity (Wildman–Crippen MR) is 89.1 cm³/mol. The minimum absolute atomic E-state index is 0.0824. The summed E-state index contributed by atoms with van der Waals surface area (Å²) in [5.74, 6) is -0.669. The van der Waals surface area contributed by atoms with Gasteiger partial charge in [0, 0.05) is 12.5 Å². The number of ether oxygens (including phenoxy) is 1. The van der Waals surface area contributed by atoms with Crippen molar-refractivity contribution in [1.29, 1.82) is 0 Å². The molecule has 1 amide bonds. The number of carboxylic acids is 1. The highest BCUT2D eigenvalue weighted by atomic mass is 16.5. The van der Waals surface area contributed by atoms with Gasteiger partial charge in [-0.1, -0.05) is 18.2 Å². The van der Waals surface area contributed by atoms with Crippen molar-refractivity contribution >= 4 is 11.9 Å². The highest BCUT2D eigenvalue weighted by molar-refractivity contribution is 5.80. The first kappa shape index (κ1) is 20.9. The van der Waals surface area contributed by atoms with Crippen LogP contribution in [0, 0.1) is 13.8 Å². The Hall–Kier alpha value is -2.12. The number of carboxylic acid groups (broad SMARTS) is 1. The lowest BCUT2D eigenvalue weighted by Gasteiger charge is -2.13. The first-order chi connectivity index (χ1) is 10.6. The number of primary amides is 1. The Morgan fingerprint density at radius 2 is 1.74 bits per heavy atom. The third kappa shape index (κ3) is 9.49. The van der Waals surface area contributed by atoms with E-state index in [9.17, 15) is 9.59 Å². The molecule has 0 radical (unpaired) electrons. The second-order valence-electron chi connectivity index (χ2n) is 5.45. The summed E-state index contributed by atoms with van der Waals surface area (Å²) in [5, 5.41) is 8.14. The molecule has 2 unspecified atom stereocenters. The number of aryl methyl sites for hydroxylation is 2. The van der Waals surface area contributed by atoms with E-state index in [1.807, 2.05) is 39.0 Å². The minimum atomic E-state index is -0.975. The summed E-state index contributed by atoms with van der Waals surface area (Å²) in [6.45, 7) is 6.60. The molecule has 23 heavy (non-hydrogen) atoms. The fourth-order valence-corrected chi connectivity index (χ4v) is 1.66. The third-order valence-electron chi connectivity index (χ3n) is 2.93. The van der Waals surface area contributed by atoms with Crippen LogP contribution < -0.4 is 21.9 Å². The number of rotatable bonds is 7. The maximum Gasteiger partial charge on any atom is 0.303 e. The van der Waals surface area contributed by atoms with Gasteiger partial charge >= 0.3 is 5.97 Å². The van der Waals surface area contributed by atoms with Gasteiger partial charge in [0.1, 0.15) is 12.4 Å². The molecular formula is C16H27N3O4. The van der Waals surface area contributed by atoms with E-state index < -0.39 is 17.9 Å². The van der Waals surface area contributed by atoms with Crippen LogP contribution in [0.15, 0.2) is 18.2 Å². The van der Waals surface area contributed by atoms with E-state index >= 15 is 0 Å². The topological polar surface area (TPSA) is 142 Å². The number of amides is 1. The van der Waals surface area contributed by atoms with Gasteiger partial charge < -0.3 is 27.0 Å². The Morgan fingerprint density at radius 3 is 2.13 bits per heavy atom. The molecule has 0 aromatic heterocycles. The molecule has 7 heteroatoms. The van der Waals surface area contributed by atoms with Gasteiger partial charge in [-0.2, -0.15) is 0 Å². The molecule has 0 heterocycles. The Bertz CT molecular complexity index is 498. The fourth-order valence-electron chi connectivity index (χ4n) is 1.66. The van der Waals surface area contributed by atoms with Crippen LogP contribution in [0.4, 0.5) is 0 Å². The van der Waals surface area contributed by atoms with Gasteiger partial charge in [0.05, 0.1) is 6.04 Å². The van der Waals surface area contributed by atoms with E-state index in [-0.39, 0.29) is 18.9 Å². The molecule has 0 bridgehead atoms. The average molecular weight is 325 g/mol. The molecule has 0 fully saturated rings. The molecule has 130 valence electrons. The second-order valence-corrected chi connectivity index (χ2v) is 5.45. The molecular weight excluding hydrogens is 298 g/mol. The van der Waals surface area contributed by atoms with Crippen LogP contribution in [0.1, 0.15) is 30.9 Å². The summed E-state index contributed by atoms with van der Waals surface area (Å²) < 4.78 is 5.60. The molecule has 1 rings (SSSR count). The summed E-state index contributed by atoms with van der Waals surface area (Å²) in [6.07, 6.45) is -0.0191. The molecule has 0 spiro atoms. The minimum Gasteiger partial charge on any atom is -0.491 e. The normalized spacial score (nSPS) is 12.6. The zero-order valence-electron chi connectivity index (χ0n) is 13.9. The van der Waals surface area contributed by atoms with Crippen LogP contribution in [-0.4, -0.2) is 35.7 Å². The smallest absolute Gasteiger partial charge is 0.303 e. The van der Waals surface area contributed by atoms with Crippen molar-refractivity contribution in [1.82, 2.24) is 0 Å². The quantitative estimate of drug-likeness (QED) is 0.581. The zero-order chi connectivity index (χ0) is 18.0. The third-order valence-corrected chi connectivity index (χ3v) is 2.93. The number of hydrogen-bond acceptors (Lipinski definition) is 5. The average Bonchev–Trinajstić information content (AvgIpc) is 2.44. The Labute approximate surface area is 136 Å². The number of carbonyl (C=O) groups excluding carboxylic acids is 1. The maximum absolute atomic E-state index is 10.2. The van der Waals surface area contributed by atoms with Crippen molar-refractivity contribution in [3.63, 3.8) is 0 Å². The lowest BCUT2D eigenvalue weighted by molar-refractivity contribution is -0.137. The summed E-state index contributed by atoms with van der Waals surface area (Å²) in [7, 11) is 0. The summed E-state index contributed by atoms with van der Waals surface area (Å²) in [5.41, 5.74) is 17.8. The number of benzene rings is 1. The lowest BCUT2D eigenvalue weighted by atomic mass is 10.1. The predicted octanol–water partition coefficient (Wildman–Crippen LogP) is 0.693. The molecule has 7 N–H and O–H groups in total. The molecule has 1 aromatic carbocycles. The molecule has 2 atom stereocenters. The molecule has 0 saturated heterocycles. The van der Waals surface area contributed by atoms with Gasteiger partial charge in [-0.25, -0.2) is 0 Å². The highest BCUT2D eigenvalue weighted by Crippen LogP contribution is 2.22. The SMILES string of the molecule is Cc1cccc(C)c1OCC(C)N.NC(=O)C(N)CCC(=O)O. The Balaban J connectivity index is 0.000000438. The van der Waals surface area contributed by atoms with Gasteiger partial charge in [0.2, 0.25) is 5.91 Å². The van der Waals surface area contributed by atoms with Gasteiger partial charge in [-0.05, 0) is 38.3 Å². The van der Waals surface area contributed by atoms with Crippen LogP contribution in [0.5, 0.6) is 5.75 Å². The number of nitrogens with two attached hydrogens (primary N) is 3. The molecule has 7 nitrogen and oxygen atoms in total. The van der Waals surface area contributed by atoms with Crippen molar-refractivity contribution in [2.75, 3.05) is 6.61 Å². The monoisotopic (exact) mass is 325 g/mol. The van der Waals surface area contributed by atoms with Crippen molar-refractivity contribution in [3.05, 3.63) is 29.3 Å². The molecule has 0 saturated carbocycles. The zero-order valence-corrected chi connectivity index (χ0v) is 13.9. The van der Waals surface area contributed by atoms with Crippen LogP contribution in [0.3, 0.4) is 0 Å². The van der Waals surface area contributed by atoms with E-state index in [0.717, 1.165) is 5.75 Å². The lowest BCUT2D eigenvalue weighted by Crippen LogP contribution is -2.36. The van der Waals surface area contributed by atoms with E-state index in [0.29, 0.717) is 6.61 Å². The summed E-state index contributed by atoms with van der Waals surface area (Å²) in [6, 6.07) is 5.37. The Morgan fingerprint density at radius 1 is 1.22 bits per heavy atom. The van der Waals surface area contributed by atoms with Crippen LogP contribution >= 0.6 is 0 Å². The van der Waals surface area contributed by atoms with Gasteiger partial charge in [0.25, 0.3) is 0 Å². The summed E-state index contributed by atoms with van der Waals surface area (Å²) >= 11 is 0. The van der Waals surface area contributed by atoms with Crippen LogP contribution in [0.2, 0.25) is 0 Å². The van der Waals surface area contributed by atoms with Gasteiger partial charge in [-0.3, -0.25) is 9.59 Å². The molecule has 0 aliphatic carbocycles. The maximum atomic E-state index is 10.2. The van der Waals surface area contributed by atoms with E-state index in [2.05, 4.69) is 0 Å². The number of para-hydroxylation sites is 1. The first-order valence-corrected chi connectivity index (χ1v) is 7.36. The van der Waals surface area contributed by atoms with Crippen LogP contribution in [-0.2, 0) is 9.59 Å².